The molecule has 2 amide bonds. The van der Waals surface area contributed by atoms with E-state index in [-0.39, 0.29) is 11.8 Å². The number of hydrogen-bond acceptors (Lipinski definition) is 5. The molecule has 0 atom stereocenters. The summed E-state index contributed by atoms with van der Waals surface area (Å²) in [5.41, 5.74) is 3.71. The molecule has 0 bridgehead atoms. The third-order valence-corrected chi connectivity index (χ3v) is 6.52. The molecule has 1 saturated heterocycles. The van der Waals surface area contributed by atoms with Crippen molar-refractivity contribution in [1.82, 2.24) is 25.1 Å². The van der Waals surface area contributed by atoms with E-state index in [1.807, 2.05) is 60.4 Å². The number of amides is 2. The summed E-state index contributed by atoms with van der Waals surface area (Å²) < 4.78 is 0. The molecule has 0 radical (unpaired) electrons. The number of para-hydroxylation sites is 2. The summed E-state index contributed by atoms with van der Waals surface area (Å²) in [5.74, 6) is 0.768. The number of carbonyl (C=O) groups is 2. The highest BCUT2D eigenvalue weighted by Gasteiger charge is 2.23. The SMILES string of the molecule is CCNC(=O)CN1CCCN(C(=O)c2ccccc2CSc2nc3ccccc3[nH]2)CC1. The van der Waals surface area contributed by atoms with E-state index in [2.05, 4.69) is 20.2 Å². The number of nitrogens with zero attached hydrogens (tertiary/aromatic N) is 3. The first kappa shape index (κ1) is 22.4. The van der Waals surface area contributed by atoms with Gasteiger partial charge in [0, 0.05) is 44.0 Å². The van der Waals surface area contributed by atoms with E-state index < -0.39 is 0 Å². The quantitative estimate of drug-likeness (QED) is 0.540. The van der Waals surface area contributed by atoms with E-state index in [9.17, 15) is 9.59 Å². The number of nitrogens with one attached hydrogen (secondary N) is 2. The standard InChI is InChI=1S/C24H29N5O2S/c1-2-25-22(30)16-28-12-7-13-29(15-14-28)23(31)19-9-4-3-8-18(19)17-32-24-26-20-10-5-6-11-21(20)27-24/h3-6,8-11H,2,7,12-17H2,1H3,(H,25,30)(H,26,27). The monoisotopic (exact) mass is 451 g/mol. The second-order valence-corrected chi connectivity index (χ2v) is 8.84. The maximum absolute atomic E-state index is 13.4. The van der Waals surface area contributed by atoms with Gasteiger partial charge in [-0.05, 0) is 37.1 Å². The van der Waals surface area contributed by atoms with Crippen molar-refractivity contribution >= 4 is 34.6 Å². The van der Waals surface area contributed by atoms with Crippen molar-refractivity contribution in [1.29, 1.82) is 0 Å². The number of likely N-dealkylation sites (N-methyl/N-ethyl adjacent to an activating group) is 1. The molecular weight excluding hydrogens is 422 g/mol. The molecule has 2 heterocycles. The van der Waals surface area contributed by atoms with Gasteiger partial charge in [-0.3, -0.25) is 14.5 Å². The topological polar surface area (TPSA) is 81.3 Å². The zero-order valence-electron chi connectivity index (χ0n) is 18.3. The van der Waals surface area contributed by atoms with Crippen LogP contribution in [0.1, 0.15) is 29.3 Å². The number of rotatable bonds is 7. The van der Waals surface area contributed by atoms with Gasteiger partial charge in [0.2, 0.25) is 5.91 Å². The van der Waals surface area contributed by atoms with Crippen molar-refractivity contribution in [2.24, 2.45) is 0 Å². The van der Waals surface area contributed by atoms with Gasteiger partial charge in [0.25, 0.3) is 5.91 Å². The van der Waals surface area contributed by atoms with Crippen LogP contribution in [-0.4, -0.2) is 70.9 Å². The number of aromatic nitrogens is 2. The summed E-state index contributed by atoms with van der Waals surface area (Å²) in [7, 11) is 0. The zero-order valence-corrected chi connectivity index (χ0v) is 19.2. The number of hydrogen-bond donors (Lipinski definition) is 2. The van der Waals surface area contributed by atoms with Crippen LogP contribution in [0.15, 0.2) is 53.7 Å². The third kappa shape index (κ3) is 5.49. The first-order chi connectivity index (χ1) is 15.6. The lowest BCUT2D eigenvalue weighted by atomic mass is 10.1. The molecule has 0 saturated carbocycles. The van der Waals surface area contributed by atoms with Crippen LogP contribution in [-0.2, 0) is 10.5 Å². The number of H-pyrrole nitrogens is 1. The second kappa shape index (κ2) is 10.7. The Kier molecular flexibility index (Phi) is 7.44. The number of imidazole rings is 1. The van der Waals surface area contributed by atoms with E-state index >= 15 is 0 Å². The Bertz CT molecular complexity index is 1050. The van der Waals surface area contributed by atoms with Crippen molar-refractivity contribution in [3.63, 3.8) is 0 Å². The van der Waals surface area contributed by atoms with E-state index in [0.29, 0.717) is 38.5 Å². The Balaban J connectivity index is 1.40. The summed E-state index contributed by atoms with van der Waals surface area (Å²) in [4.78, 5) is 37.3. The molecule has 1 aromatic heterocycles. The van der Waals surface area contributed by atoms with Gasteiger partial charge < -0.3 is 15.2 Å². The summed E-state index contributed by atoms with van der Waals surface area (Å²) in [6.07, 6.45) is 0.862. The van der Waals surface area contributed by atoms with Crippen LogP contribution in [0, 0.1) is 0 Å². The molecule has 2 N–H and O–H groups in total. The van der Waals surface area contributed by atoms with Crippen LogP contribution in [0.2, 0.25) is 0 Å². The minimum Gasteiger partial charge on any atom is -0.355 e. The van der Waals surface area contributed by atoms with E-state index in [0.717, 1.165) is 40.3 Å². The molecule has 1 aliphatic rings. The number of carbonyl (C=O) groups excluding carboxylic acids is 2. The lowest BCUT2D eigenvalue weighted by Crippen LogP contribution is -2.40. The van der Waals surface area contributed by atoms with Crippen molar-refractivity contribution in [2.75, 3.05) is 39.3 Å². The van der Waals surface area contributed by atoms with Crippen LogP contribution >= 0.6 is 11.8 Å². The zero-order chi connectivity index (χ0) is 22.3. The van der Waals surface area contributed by atoms with Gasteiger partial charge in [-0.15, -0.1) is 0 Å². The summed E-state index contributed by atoms with van der Waals surface area (Å²) in [5, 5.41) is 3.70. The molecule has 2 aromatic carbocycles. The second-order valence-electron chi connectivity index (χ2n) is 7.88. The number of fused-ring (bicyclic) bond motifs is 1. The Hall–Kier alpha value is -2.84. The van der Waals surface area contributed by atoms with Crippen LogP contribution in [0.3, 0.4) is 0 Å². The first-order valence-corrected chi connectivity index (χ1v) is 12.1. The van der Waals surface area contributed by atoms with Gasteiger partial charge in [-0.1, -0.05) is 42.1 Å². The van der Waals surface area contributed by atoms with Gasteiger partial charge in [0.15, 0.2) is 5.16 Å². The number of thioether (sulfide) groups is 1. The highest BCUT2D eigenvalue weighted by Crippen LogP contribution is 2.25. The van der Waals surface area contributed by atoms with Crippen LogP contribution in [0.5, 0.6) is 0 Å². The molecule has 4 rings (SSSR count). The maximum Gasteiger partial charge on any atom is 0.254 e. The Labute approximate surface area is 192 Å². The molecule has 3 aromatic rings. The smallest absolute Gasteiger partial charge is 0.254 e. The lowest BCUT2D eigenvalue weighted by Gasteiger charge is -2.22. The molecule has 7 nitrogen and oxygen atoms in total. The lowest BCUT2D eigenvalue weighted by molar-refractivity contribution is -0.122. The van der Waals surface area contributed by atoms with Gasteiger partial charge in [-0.2, -0.15) is 0 Å². The minimum atomic E-state index is 0.0419. The predicted octanol–water partition coefficient (Wildman–Crippen LogP) is 3.14. The fraction of sp³-hybridized carbons (Fsp3) is 0.375. The van der Waals surface area contributed by atoms with Crippen LogP contribution in [0.4, 0.5) is 0 Å². The van der Waals surface area contributed by atoms with Crippen molar-refractivity contribution in [3.8, 4) is 0 Å². The third-order valence-electron chi connectivity index (χ3n) is 5.60. The molecule has 1 aliphatic heterocycles. The summed E-state index contributed by atoms with van der Waals surface area (Å²) >= 11 is 1.60. The average molecular weight is 452 g/mol. The predicted molar refractivity (Wildman–Crippen MR) is 128 cm³/mol. The van der Waals surface area contributed by atoms with Crippen LogP contribution in [0.25, 0.3) is 11.0 Å². The molecule has 8 heteroatoms. The number of benzene rings is 2. The van der Waals surface area contributed by atoms with E-state index in [1.165, 1.54) is 0 Å². The van der Waals surface area contributed by atoms with E-state index in [4.69, 9.17) is 0 Å². The van der Waals surface area contributed by atoms with Crippen molar-refractivity contribution < 1.29 is 9.59 Å². The summed E-state index contributed by atoms with van der Waals surface area (Å²) in [6, 6.07) is 15.8. The van der Waals surface area contributed by atoms with Gasteiger partial charge in [-0.25, -0.2) is 4.98 Å². The van der Waals surface area contributed by atoms with Crippen molar-refractivity contribution in [3.05, 3.63) is 59.7 Å². The first-order valence-electron chi connectivity index (χ1n) is 11.1. The molecule has 1 fully saturated rings. The molecule has 168 valence electrons. The Morgan fingerprint density at radius 1 is 1.06 bits per heavy atom. The fourth-order valence-corrected chi connectivity index (χ4v) is 4.85. The van der Waals surface area contributed by atoms with Crippen LogP contribution < -0.4 is 5.32 Å². The highest BCUT2D eigenvalue weighted by molar-refractivity contribution is 7.98. The average Bonchev–Trinajstić information content (AvgIpc) is 3.08. The minimum absolute atomic E-state index is 0.0419. The Morgan fingerprint density at radius 2 is 1.88 bits per heavy atom. The maximum atomic E-state index is 13.4. The fourth-order valence-electron chi connectivity index (χ4n) is 3.96. The highest BCUT2D eigenvalue weighted by atomic mass is 32.2. The molecule has 0 unspecified atom stereocenters. The molecule has 0 spiro atoms. The van der Waals surface area contributed by atoms with Gasteiger partial charge in [0.1, 0.15) is 0 Å². The summed E-state index contributed by atoms with van der Waals surface area (Å²) in [6.45, 7) is 5.81. The van der Waals surface area contributed by atoms with Gasteiger partial charge >= 0.3 is 0 Å². The molecule has 32 heavy (non-hydrogen) atoms. The van der Waals surface area contributed by atoms with Gasteiger partial charge in [0.05, 0.1) is 17.6 Å². The number of aromatic amines is 1. The molecule has 0 aliphatic carbocycles. The van der Waals surface area contributed by atoms with E-state index in [1.54, 1.807) is 11.8 Å². The molecular formula is C24H29N5O2S. The largest absolute Gasteiger partial charge is 0.355 e. The van der Waals surface area contributed by atoms with Crippen molar-refractivity contribution in [2.45, 2.75) is 24.3 Å². The normalized spacial score (nSPS) is 15.0. The Morgan fingerprint density at radius 3 is 2.72 bits per heavy atom.